The molecule has 1 aromatic carbocycles. The molecule has 5 heteroatoms. The van der Waals surface area contributed by atoms with E-state index in [1.165, 1.54) is 6.07 Å². The summed E-state index contributed by atoms with van der Waals surface area (Å²) in [6, 6.07) is 4.63. The number of unbranched alkanes of at least 4 members (excludes halogenated alkanes) is 2. The normalized spacial score (nSPS) is 11.2. The fourth-order valence-electron chi connectivity index (χ4n) is 2.08. The Hall–Kier alpha value is -1.91. The number of benzene rings is 1. The Balaban J connectivity index is 2.23. The average molecular weight is 310 g/mol. The number of esters is 1. The van der Waals surface area contributed by atoms with E-state index in [0.717, 1.165) is 25.7 Å². The molecule has 0 fully saturated rings. The van der Waals surface area contributed by atoms with Gasteiger partial charge in [-0.05, 0) is 45.7 Å². The molecule has 0 aliphatic carbocycles. The van der Waals surface area contributed by atoms with Gasteiger partial charge in [0.1, 0.15) is 0 Å². The summed E-state index contributed by atoms with van der Waals surface area (Å²) in [6.07, 6.45) is 3.40. The molecule has 22 heavy (non-hydrogen) atoms. The van der Waals surface area contributed by atoms with Crippen molar-refractivity contribution in [3.8, 4) is 17.2 Å². The molecule has 0 spiro atoms. The molecular formula is C17H26O5. The highest BCUT2D eigenvalue weighted by atomic mass is 16.5. The van der Waals surface area contributed by atoms with E-state index in [-0.39, 0.29) is 23.2 Å². The molecule has 0 heterocycles. The standard InChI is InChI=1S/C17H26O5/c1-4-21-16(20)17(2,3)11-6-5-7-12-22-14-10-8-9-13(18)15(14)19/h8-10,18-19H,4-7,11-12H2,1-3H3. The van der Waals surface area contributed by atoms with Gasteiger partial charge in [-0.25, -0.2) is 0 Å². The number of hydrogen-bond acceptors (Lipinski definition) is 5. The van der Waals surface area contributed by atoms with Crippen LogP contribution in [0.5, 0.6) is 17.2 Å². The molecule has 0 aromatic heterocycles. The van der Waals surface area contributed by atoms with Crippen LogP contribution in [0.25, 0.3) is 0 Å². The van der Waals surface area contributed by atoms with E-state index in [2.05, 4.69) is 0 Å². The molecule has 0 unspecified atom stereocenters. The SMILES string of the molecule is CCOC(=O)C(C)(C)CCCCCOc1cccc(O)c1O. The maximum atomic E-state index is 11.7. The van der Waals surface area contributed by atoms with E-state index in [0.29, 0.717) is 13.2 Å². The number of carbonyl (C=O) groups is 1. The van der Waals surface area contributed by atoms with Gasteiger partial charge in [0.2, 0.25) is 5.75 Å². The molecule has 0 radical (unpaired) electrons. The van der Waals surface area contributed by atoms with E-state index in [1.54, 1.807) is 12.1 Å². The molecule has 1 rings (SSSR count). The number of para-hydroxylation sites is 1. The molecule has 0 aliphatic rings. The smallest absolute Gasteiger partial charge is 0.311 e. The molecular weight excluding hydrogens is 284 g/mol. The van der Waals surface area contributed by atoms with Crippen molar-refractivity contribution < 1.29 is 24.5 Å². The Bertz CT molecular complexity index is 482. The minimum Gasteiger partial charge on any atom is -0.504 e. The number of aromatic hydroxyl groups is 2. The number of carbonyl (C=O) groups excluding carboxylic acids is 1. The lowest BCUT2D eigenvalue weighted by Crippen LogP contribution is -2.26. The maximum absolute atomic E-state index is 11.7. The quantitative estimate of drug-likeness (QED) is 0.414. The lowest BCUT2D eigenvalue weighted by Gasteiger charge is -2.21. The van der Waals surface area contributed by atoms with Gasteiger partial charge in [0.25, 0.3) is 0 Å². The van der Waals surface area contributed by atoms with Gasteiger partial charge in [0.05, 0.1) is 18.6 Å². The highest BCUT2D eigenvalue weighted by Crippen LogP contribution is 2.34. The monoisotopic (exact) mass is 310 g/mol. The lowest BCUT2D eigenvalue weighted by molar-refractivity contribution is -0.153. The lowest BCUT2D eigenvalue weighted by atomic mass is 9.87. The van der Waals surface area contributed by atoms with Gasteiger partial charge in [0, 0.05) is 0 Å². The molecule has 2 N–H and O–H groups in total. The zero-order chi connectivity index (χ0) is 16.6. The van der Waals surface area contributed by atoms with Crippen molar-refractivity contribution in [2.45, 2.75) is 46.5 Å². The maximum Gasteiger partial charge on any atom is 0.311 e. The Labute approximate surface area is 131 Å². The first-order valence-electron chi connectivity index (χ1n) is 7.69. The number of hydrogen-bond donors (Lipinski definition) is 2. The van der Waals surface area contributed by atoms with Gasteiger partial charge >= 0.3 is 5.97 Å². The number of phenolic OH excluding ortho intramolecular Hbond substituents is 2. The van der Waals surface area contributed by atoms with E-state index >= 15 is 0 Å². The van der Waals surface area contributed by atoms with Crippen molar-refractivity contribution in [1.29, 1.82) is 0 Å². The van der Waals surface area contributed by atoms with Crippen LogP contribution in [0.15, 0.2) is 18.2 Å². The second-order valence-corrected chi connectivity index (χ2v) is 5.89. The predicted octanol–water partition coefficient (Wildman–Crippen LogP) is 3.63. The number of rotatable bonds is 9. The van der Waals surface area contributed by atoms with Crippen LogP contribution < -0.4 is 4.74 Å². The van der Waals surface area contributed by atoms with E-state index in [9.17, 15) is 15.0 Å². The molecule has 0 saturated heterocycles. The first-order valence-corrected chi connectivity index (χ1v) is 7.69. The highest BCUT2D eigenvalue weighted by Gasteiger charge is 2.28. The zero-order valence-electron chi connectivity index (χ0n) is 13.6. The van der Waals surface area contributed by atoms with Crippen molar-refractivity contribution in [1.82, 2.24) is 0 Å². The number of ether oxygens (including phenoxy) is 2. The summed E-state index contributed by atoms with van der Waals surface area (Å²) in [5, 5.41) is 18.9. The molecule has 5 nitrogen and oxygen atoms in total. The van der Waals surface area contributed by atoms with Gasteiger partial charge in [0.15, 0.2) is 11.5 Å². The molecule has 0 aliphatic heterocycles. The molecule has 0 atom stereocenters. The van der Waals surface area contributed by atoms with Gasteiger partial charge in [-0.1, -0.05) is 18.9 Å². The molecule has 1 aromatic rings. The second-order valence-electron chi connectivity index (χ2n) is 5.89. The van der Waals surface area contributed by atoms with Crippen molar-refractivity contribution in [3.05, 3.63) is 18.2 Å². The zero-order valence-corrected chi connectivity index (χ0v) is 13.6. The summed E-state index contributed by atoms with van der Waals surface area (Å²) in [7, 11) is 0. The molecule has 124 valence electrons. The molecule has 0 bridgehead atoms. The van der Waals surface area contributed by atoms with Crippen molar-refractivity contribution in [3.63, 3.8) is 0 Å². The summed E-state index contributed by atoms with van der Waals surface area (Å²) in [4.78, 5) is 11.7. The van der Waals surface area contributed by atoms with Gasteiger partial charge in [-0.3, -0.25) is 4.79 Å². The van der Waals surface area contributed by atoms with Gasteiger partial charge in [-0.2, -0.15) is 0 Å². The van der Waals surface area contributed by atoms with Gasteiger partial charge < -0.3 is 19.7 Å². The largest absolute Gasteiger partial charge is 0.504 e. The van der Waals surface area contributed by atoms with Crippen LogP contribution in [0.1, 0.15) is 46.5 Å². The summed E-state index contributed by atoms with van der Waals surface area (Å²) in [5.41, 5.74) is -0.458. The topological polar surface area (TPSA) is 76.0 Å². The van der Waals surface area contributed by atoms with Crippen LogP contribution in [0, 0.1) is 5.41 Å². The van der Waals surface area contributed by atoms with Crippen molar-refractivity contribution in [2.75, 3.05) is 13.2 Å². The van der Waals surface area contributed by atoms with Crippen LogP contribution in [0.3, 0.4) is 0 Å². The predicted molar refractivity (Wildman–Crippen MR) is 84.1 cm³/mol. The average Bonchev–Trinajstić information content (AvgIpc) is 2.47. The Morgan fingerprint density at radius 2 is 1.91 bits per heavy atom. The van der Waals surface area contributed by atoms with Crippen LogP contribution in [-0.2, 0) is 9.53 Å². The summed E-state index contributed by atoms with van der Waals surface area (Å²) in [5.74, 6) is -0.289. The first kappa shape index (κ1) is 18.1. The van der Waals surface area contributed by atoms with Crippen molar-refractivity contribution in [2.24, 2.45) is 5.41 Å². The minimum atomic E-state index is -0.458. The van der Waals surface area contributed by atoms with E-state index < -0.39 is 5.41 Å². The third kappa shape index (κ3) is 5.47. The third-order valence-electron chi connectivity index (χ3n) is 3.51. The summed E-state index contributed by atoms with van der Waals surface area (Å²) >= 11 is 0. The van der Waals surface area contributed by atoms with Crippen LogP contribution in [0.2, 0.25) is 0 Å². The molecule has 0 amide bonds. The second kappa shape index (κ2) is 8.51. The first-order chi connectivity index (χ1) is 10.4. The minimum absolute atomic E-state index is 0.157. The Kier molecular flexibility index (Phi) is 7.02. The van der Waals surface area contributed by atoms with Crippen LogP contribution in [0.4, 0.5) is 0 Å². The Morgan fingerprint density at radius 3 is 2.59 bits per heavy atom. The van der Waals surface area contributed by atoms with E-state index in [4.69, 9.17) is 9.47 Å². The van der Waals surface area contributed by atoms with Crippen molar-refractivity contribution >= 4 is 5.97 Å². The fraction of sp³-hybridized carbons (Fsp3) is 0.588. The fourth-order valence-corrected chi connectivity index (χ4v) is 2.08. The summed E-state index contributed by atoms with van der Waals surface area (Å²) < 4.78 is 10.5. The van der Waals surface area contributed by atoms with Gasteiger partial charge in [-0.15, -0.1) is 0 Å². The van der Waals surface area contributed by atoms with Crippen LogP contribution in [-0.4, -0.2) is 29.4 Å². The third-order valence-corrected chi connectivity index (χ3v) is 3.51. The molecule has 0 saturated carbocycles. The summed E-state index contributed by atoms with van der Waals surface area (Å²) in [6.45, 7) is 6.46. The number of phenols is 2. The van der Waals surface area contributed by atoms with Crippen LogP contribution >= 0.6 is 0 Å². The Morgan fingerprint density at radius 1 is 1.18 bits per heavy atom. The van der Waals surface area contributed by atoms with E-state index in [1.807, 2.05) is 20.8 Å². The highest BCUT2D eigenvalue weighted by molar-refractivity contribution is 5.75.